The number of hydrogen-bond donors (Lipinski definition) is 2. The van der Waals surface area contributed by atoms with Gasteiger partial charge in [-0.15, -0.1) is 0 Å². The minimum atomic E-state index is -0.704. The van der Waals surface area contributed by atoms with Crippen LogP contribution in [0.1, 0.15) is 47.5 Å². The van der Waals surface area contributed by atoms with Crippen molar-refractivity contribution in [2.45, 2.75) is 53.5 Å². The van der Waals surface area contributed by atoms with Gasteiger partial charge < -0.3 is 15.3 Å². The molecule has 3 unspecified atom stereocenters. The molecule has 1 rings (SSSR count). The van der Waals surface area contributed by atoms with E-state index in [0.717, 1.165) is 19.5 Å². The third kappa shape index (κ3) is 3.96. The molecule has 2 N–H and O–H groups in total. The fourth-order valence-electron chi connectivity index (χ4n) is 3.43. The molecule has 5 nitrogen and oxygen atoms in total. The highest BCUT2D eigenvalue weighted by atomic mass is 16.4. The van der Waals surface area contributed by atoms with Crippen molar-refractivity contribution < 1.29 is 14.7 Å². The van der Waals surface area contributed by atoms with Gasteiger partial charge in [0, 0.05) is 19.1 Å². The number of hydrogen-bond acceptors (Lipinski definition) is 3. The molecule has 1 amide bonds. The summed E-state index contributed by atoms with van der Waals surface area (Å²) in [6.45, 7) is 11.9. The van der Waals surface area contributed by atoms with Crippen LogP contribution in [-0.4, -0.2) is 47.6 Å². The van der Waals surface area contributed by atoms with Gasteiger partial charge in [-0.2, -0.15) is 0 Å². The van der Waals surface area contributed by atoms with Gasteiger partial charge in [0.2, 0.25) is 5.91 Å². The Morgan fingerprint density at radius 1 is 1.24 bits per heavy atom. The molecule has 0 aromatic heterocycles. The smallest absolute Gasteiger partial charge is 0.307 e. The Morgan fingerprint density at radius 2 is 1.81 bits per heavy atom. The molecule has 0 aromatic rings. The maximum atomic E-state index is 12.1. The third-order valence-corrected chi connectivity index (χ3v) is 5.37. The highest BCUT2D eigenvalue weighted by Gasteiger charge is 2.46. The number of carboxylic acids is 1. The summed E-state index contributed by atoms with van der Waals surface area (Å²) in [6, 6.07) is 0.204. The van der Waals surface area contributed by atoms with E-state index in [9.17, 15) is 14.7 Å². The van der Waals surface area contributed by atoms with E-state index in [-0.39, 0.29) is 29.2 Å². The number of nitrogens with zero attached hydrogens (tertiary/aromatic N) is 1. The molecule has 1 aliphatic carbocycles. The van der Waals surface area contributed by atoms with Crippen LogP contribution in [-0.2, 0) is 9.59 Å². The average molecular weight is 298 g/mol. The Balaban J connectivity index is 2.62. The van der Waals surface area contributed by atoms with Gasteiger partial charge in [-0.3, -0.25) is 9.59 Å². The summed E-state index contributed by atoms with van der Waals surface area (Å²) in [5.74, 6) is -0.671. The molecule has 0 aliphatic heterocycles. The first-order chi connectivity index (χ1) is 9.75. The molecule has 0 bridgehead atoms. The number of aliphatic carboxylic acids is 1. The maximum Gasteiger partial charge on any atom is 0.307 e. The molecule has 1 aliphatic rings. The highest BCUT2D eigenvalue weighted by Crippen LogP contribution is 2.44. The van der Waals surface area contributed by atoms with E-state index >= 15 is 0 Å². The summed E-state index contributed by atoms with van der Waals surface area (Å²) in [5.41, 5.74) is -0.264. The Hall–Kier alpha value is -1.10. The Morgan fingerprint density at radius 3 is 2.29 bits per heavy atom. The number of carbonyl (C=O) groups is 2. The van der Waals surface area contributed by atoms with Gasteiger partial charge in [0.25, 0.3) is 0 Å². The lowest BCUT2D eigenvalue weighted by Gasteiger charge is -2.46. The minimum Gasteiger partial charge on any atom is -0.481 e. The van der Waals surface area contributed by atoms with Crippen LogP contribution >= 0.6 is 0 Å². The molecule has 0 radical (unpaired) electrons. The zero-order valence-corrected chi connectivity index (χ0v) is 14.0. The Kier molecular flexibility index (Phi) is 6.20. The molecule has 122 valence electrons. The number of rotatable bonds is 6. The molecular weight excluding hydrogens is 268 g/mol. The molecule has 0 saturated heterocycles. The lowest BCUT2D eigenvalue weighted by molar-refractivity contribution is -0.150. The van der Waals surface area contributed by atoms with Gasteiger partial charge >= 0.3 is 5.97 Å². The molecule has 21 heavy (non-hydrogen) atoms. The van der Waals surface area contributed by atoms with Crippen molar-refractivity contribution in [3.8, 4) is 0 Å². The first kappa shape index (κ1) is 18.0. The SMILES string of the molecule is CCN(CC)C(=O)CNC1CCC(C(=O)O)C(C)(C)C1C. The zero-order chi connectivity index (χ0) is 16.2. The van der Waals surface area contributed by atoms with Crippen molar-refractivity contribution in [3.05, 3.63) is 0 Å². The average Bonchev–Trinajstić information content (AvgIpc) is 2.41. The van der Waals surface area contributed by atoms with Gasteiger partial charge in [-0.25, -0.2) is 0 Å². The molecule has 1 saturated carbocycles. The second kappa shape index (κ2) is 7.25. The van der Waals surface area contributed by atoms with E-state index in [1.165, 1.54) is 0 Å². The first-order valence-corrected chi connectivity index (χ1v) is 7.99. The fraction of sp³-hybridized carbons (Fsp3) is 0.875. The van der Waals surface area contributed by atoms with E-state index in [1.54, 1.807) is 0 Å². The summed E-state index contributed by atoms with van der Waals surface area (Å²) < 4.78 is 0. The van der Waals surface area contributed by atoms with Crippen molar-refractivity contribution in [2.24, 2.45) is 17.3 Å². The number of carbonyl (C=O) groups excluding carboxylic acids is 1. The van der Waals surface area contributed by atoms with Gasteiger partial charge in [0.05, 0.1) is 12.5 Å². The van der Waals surface area contributed by atoms with Crippen LogP contribution in [0, 0.1) is 17.3 Å². The molecule has 0 spiro atoms. The summed E-state index contributed by atoms with van der Waals surface area (Å²) in [7, 11) is 0. The number of carboxylic acid groups (broad SMARTS) is 1. The molecule has 5 heteroatoms. The lowest BCUT2D eigenvalue weighted by atomic mass is 9.61. The molecule has 0 heterocycles. The number of nitrogens with one attached hydrogen (secondary N) is 1. The second-order valence-electron chi connectivity index (χ2n) is 6.63. The number of amides is 1. The van der Waals surface area contributed by atoms with Crippen molar-refractivity contribution in [2.75, 3.05) is 19.6 Å². The summed E-state index contributed by atoms with van der Waals surface area (Å²) in [5, 5.41) is 12.7. The third-order valence-electron chi connectivity index (χ3n) is 5.37. The van der Waals surface area contributed by atoms with Crippen LogP contribution in [0.25, 0.3) is 0 Å². The molecule has 1 fully saturated rings. The van der Waals surface area contributed by atoms with Crippen LogP contribution < -0.4 is 5.32 Å². The summed E-state index contributed by atoms with van der Waals surface area (Å²) in [6.07, 6.45) is 1.48. The summed E-state index contributed by atoms with van der Waals surface area (Å²) in [4.78, 5) is 25.2. The van der Waals surface area contributed by atoms with Crippen molar-refractivity contribution >= 4 is 11.9 Å². The van der Waals surface area contributed by atoms with Crippen LogP contribution in [0.15, 0.2) is 0 Å². The normalized spacial score (nSPS) is 28.1. The van der Waals surface area contributed by atoms with Crippen LogP contribution in [0.2, 0.25) is 0 Å². The van der Waals surface area contributed by atoms with Gasteiger partial charge in [-0.05, 0) is 38.0 Å². The topological polar surface area (TPSA) is 69.6 Å². The van der Waals surface area contributed by atoms with Crippen molar-refractivity contribution in [3.63, 3.8) is 0 Å². The highest BCUT2D eigenvalue weighted by molar-refractivity contribution is 5.78. The summed E-state index contributed by atoms with van der Waals surface area (Å²) >= 11 is 0. The largest absolute Gasteiger partial charge is 0.481 e. The Bertz CT molecular complexity index is 378. The Labute approximate surface area is 128 Å². The van der Waals surface area contributed by atoms with E-state index in [1.807, 2.05) is 32.6 Å². The molecule has 0 aromatic carbocycles. The van der Waals surface area contributed by atoms with Crippen LogP contribution in [0.3, 0.4) is 0 Å². The zero-order valence-electron chi connectivity index (χ0n) is 14.0. The van der Waals surface area contributed by atoms with Crippen LogP contribution in [0.5, 0.6) is 0 Å². The van der Waals surface area contributed by atoms with Gasteiger partial charge in [0.1, 0.15) is 0 Å². The van der Waals surface area contributed by atoms with Gasteiger partial charge in [-0.1, -0.05) is 20.8 Å². The monoisotopic (exact) mass is 298 g/mol. The van der Waals surface area contributed by atoms with Crippen molar-refractivity contribution in [1.82, 2.24) is 10.2 Å². The standard InChI is InChI=1S/C16H30N2O3/c1-6-18(7-2)14(19)10-17-13-9-8-12(15(20)21)16(4,5)11(13)3/h11-13,17H,6-10H2,1-5H3,(H,20,21). The predicted octanol–water partition coefficient (Wildman–Crippen LogP) is 1.97. The van der Waals surface area contributed by atoms with E-state index in [0.29, 0.717) is 13.0 Å². The van der Waals surface area contributed by atoms with E-state index in [2.05, 4.69) is 12.2 Å². The second-order valence-corrected chi connectivity index (χ2v) is 6.63. The quantitative estimate of drug-likeness (QED) is 0.786. The maximum absolute atomic E-state index is 12.1. The van der Waals surface area contributed by atoms with E-state index in [4.69, 9.17) is 0 Å². The molecule has 3 atom stereocenters. The minimum absolute atomic E-state index is 0.116. The predicted molar refractivity (Wildman–Crippen MR) is 83.0 cm³/mol. The fourth-order valence-corrected chi connectivity index (χ4v) is 3.43. The first-order valence-electron chi connectivity index (χ1n) is 7.99. The molecular formula is C16H30N2O3. The number of likely N-dealkylation sites (N-methyl/N-ethyl adjacent to an activating group) is 1. The van der Waals surface area contributed by atoms with Gasteiger partial charge in [0.15, 0.2) is 0 Å². The lowest BCUT2D eigenvalue weighted by Crippen LogP contribution is -2.53. The van der Waals surface area contributed by atoms with Crippen molar-refractivity contribution in [1.29, 1.82) is 0 Å². The van der Waals surface area contributed by atoms with Crippen LogP contribution in [0.4, 0.5) is 0 Å². The van der Waals surface area contributed by atoms with E-state index < -0.39 is 5.97 Å².